The minimum absolute atomic E-state index is 0.134. The van der Waals surface area contributed by atoms with E-state index >= 15 is 0 Å². The summed E-state index contributed by atoms with van der Waals surface area (Å²) in [7, 11) is -0.167. The molecule has 0 saturated carbocycles. The van der Waals surface area contributed by atoms with Crippen molar-refractivity contribution in [2.24, 2.45) is 0 Å². The van der Waals surface area contributed by atoms with Gasteiger partial charge in [-0.3, -0.25) is 4.90 Å². The van der Waals surface area contributed by atoms with Crippen molar-refractivity contribution in [2.75, 3.05) is 20.7 Å². The SMILES string of the molecule is COc1ccc(S(=O)(=O)NC2CC(c3nc(Cc4ccccc4)no3)N(C)C2)cc1. The van der Waals surface area contributed by atoms with E-state index in [2.05, 4.69) is 14.9 Å². The molecular formula is C21H24N4O4S. The number of likely N-dealkylation sites (tertiary alicyclic amines) is 1. The Morgan fingerprint density at radius 1 is 1.17 bits per heavy atom. The first-order valence-corrected chi connectivity index (χ1v) is 11.2. The molecule has 1 aliphatic rings. The molecule has 0 aliphatic carbocycles. The van der Waals surface area contributed by atoms with Gasteiger partial charge in [-0.25, -0.2) is 13.1 Å². The van der Waals surface area contributed by atoms with Crippen LogP contribution < -0.4 is 9.46 Å². The third-order valence-corrected chi connectivity index (χ3v) is 6.75. The molecule has 1 aromatic heterocycles. The van der Waals surface area contributed by atoms with E-state index < -0.39 is 10.0 Å². The number of rotatable bonds is 7. The fourth-order valence-electron chi connectivity index (χ4n) is 3.67. The fraction of sp³-hybridized carbons (Fsp3) is 0.333. The van der Waals surface area contributed by atoms with Crippen molar-refractivity contribution in [3.63, 3.8) is 0 Å². The highest BCUT2D eigenvalue weighted by Crippen LogP contribution is 2.30. The summed E-state index contributed by atoms with van der Waals surface area (Å²) in [5.41, 5.74) is 1.11. The van der Waals surface area contributed by atoms with Crippen molar-refractivity contribution < 1.29 is 17.7 Å². The van der Waals surface area contributed by atoms with Gasteiger partial charge in [0, 0.05) is 19.0 Å². The zero-order valence-electron chi connectivity index (χ0n) is 16.9. The van der Waals surface area contributed by atoms with Gasteiger partial charge < -0.3 is 9.26 Å². The molecule has 1 aliphatic heterocycles. The first-order valence-electron chi connectivity index (χ1n) is 9.67. The highest BCUT2D eigenvalue weighted by molar-refractivity contribution is 7.89. The van der Waals surface area contributed by atoms with Gasteiger partial charge >= 0.3 is 0 Å². The van der Waals surface area contributed by atoms with Crippen molar-refractivity contribution in [2.45, 2.75) is 29.8 Å². The van der Waals surface area contributed by atoms with Gasteiger partial charge in [-0.2, -0.15) is 4.98 Å². The van der Waals surface area contributed by atoms with Gasteiger partial charge in [-0.05, 0) is 43.3 Å². The molecular weight excluding hydrogens is 404 g/mol. The average Bonchev–Trinajstić information content (AvgIpc) is 3.34. The van der Waals surface area contributed by atoms with Crippen LogP contribution in [0.5, 0.6) is 5.75 Å². The van der Waals surface area contributed by atoms with Gasteiger partial charge in [0.25, 0.3) is 0 Å². The highest BCUT2D eigenvalue weighted by Gasteiger charge is 2.36. The Labute approximate surface area is 175 Å². The molecule has 1 fully saturated rings. The van der Waals surface area contributed by atoms with Crippen molar-refractivity contribution >= 4 is 10.0 Å². The minimum atomic E-state index is -3.63. The molecule has 0 radical (unpaired) electrons. The van der Waals surface area contributed by atoms with E-state index in [0.29, 0.717) is 36.9 Å². The smallest absolute Gasteiger partial charge is 0.244 e. The number of sulfonamides is 1. The zero-order chi connectivity index (χ0) is 21.1. The number of nitrogens with zero attached hydrogens (tertiary/aromatic N) is 3. The lowest BCUT2D eigenvalue weighted by Gasteiger charge is -2.14. The van der Waals surface area contributed by atoms with Gasteiger partial charge in [-0.1, -0.05) is 35.5 Å². The first kappa shape index (κ1) is 20.5. The zero-order valence-corrected chi connectivity index (χ0v) is 17.7. The summed E-state index contributed by atoms with van der Waals surface area (Å²) >= 11 is 0. The second-order valence-corrected chi connectivity index (χ2v) is 9.11. The molecule has 2 atom stereocenters. The Morgan fingerprint density at radius 3 is 2.60 bits per heavy atom. The number of ether oxygens (including phenoxy) is 1. The van der Waals surface area contributed by atoms with Crippen molar-refractivity contribution in [1.29, 1.82) is 0 Å². The van der Waals surface area contributed by atoms with Crippen LogP contribution in [0.2, 0.25) is 0 Å². The first-order chi connectivity index (χ1) is 14.4. The molecule has 1 N–H and O–H groups in total. The van der Waals surface area contributed by atoms with Crippen LogP contribution in [0.15, 0.2) is 64.0 Å². The number of benzene rings is 2. The maximum Gasteiger partial charge on any atom is 0.244 e. The van der Waals surface area contributed by atoms with E-state index in [0.717, 1.165) is 5.56 Å². The van der Waals surface area contributed by atoms with Crippen LogP contribution in [0, 0.1) is 0 Å². The second kappa shape index (κ2) is 8.55. The predicted molar refractivity (Wildman–Crippen MR) is 111 cm³/mol. The topological polar surface area (TPSA) is 97.6 Å². The minimum Gasteiger partial charge on any atom is -0.497 e. The van der Waals surface area contributed by atoms with Gasteiger partial charge in [0.15, 0.2) is 5.82 Å². The monoisotopic (exact) mass is 428 g/mol. The number of nitrogens with one attached hydrogen (secondary N) is 1. The van der Waals surface area contributed by atoms with Crippen molar-refractivity contribution in [3.8, 4) is 5.75 Å². The molecule has 1 saturated heterocycles. The van der Waals surface area contributed by atoms with Gasteiger partial charge in [0.05, 0.1) is 18.0 Å². The Hall–Kier alpha value is -2.75. The number of methoxy groups -OCH3 is 1. The van der Waals surface area contributed by atoms with Crippen LogP contribution >= 0.6 is 0 Å². The molecule has 9 heteroatoms. The standard InChI is InChI=1S/C21H24N4O4S/c1-25-14-16(24-30(26,27)18-10-8-17(28-2)9-11-18)13-19(25)21-22-20(23-29-21)12-15-6-4-3-5-7-15/h3-11,16,19,24H,12-14H2,1-2H3. The van der Waals surface area contributed by atoms with E-state index in [1.807, 2.05) is 42.3 Å². The summed E-state index contributed by atoms with van der Waals surface area (Å²) in [6, 6.07) is 15.9. The van der Waals surface area contributed by atoms with E-state index in [1.165, 1.54) is 12.1 Å². The Bertz CT molecular complexity index is 1080. The quantitative estimate of drug-likeness (QED) is 0.617. The maximum absolute atomic E-state index is 12.7. The largest absolute Gasteiger partial charge is 0.497 e. The van der Waals surface area contributed by atoms with Gasteiger partial charge in [0.2, 0.25) is 15.9 Å². The molecule has 8 nitrogen and oxygen atoms in total. The average molecular weight is 429 g/mol. The Balaban J connectivity index is 1.42. The molecule has 3 aromatic rings. The summed E-state index contributed by atoms with van der Waals surface area (Å²) in [6.45, 7) is 0.552. The van der Waals surface area contributed by atoms with Crippen LogP contribution in [0.1, 0.15) is 29.7 Å². The Morgan fingerprint density at radius 2 is 1.90 bits per heavy atom. The van der Waals surface area contributed by atoms with E-state index in [1.54, 1.807) is 19.2 Å². The van der Waals surface area contributed by atoms with Crippen molar-refractivity contribution in [3.05, 3.63) is 71.9 Å². The van der Waals surface area contributed by atoms with Crippen LogP contribution in [0.3, 0.4) is 0 Å². The van der Waals surface area contributed by atoms with Gasteiger partial charge in [0.1, 0.15) is 5.75 Å². The molecule has 0 spiro atoms. The van der Waals surface area contributed by atoms with E-state index in [-0.39, 0.29) is 17.0 Å². The maximum atomic E-state index is 12.7. The number of hydrogen-bond donors (Lipinski definition) is 1. The number of likely N-dealkylation sites (N-methyl/N-ethyl adjacent to an activating group) is 1. The molecule has 2 heterocycles. The molecule has 2 unspecified atom stereocenters. The second-order valence-electron chi connectivity index (χ2n) is 7.40. The molecule has 2 aromatic carbocycles. The Kier molecular flexibility index (Phi) is 5.85. The van der Waals surface area contributed by atoms with Crippen LogP contribution in [-0.4, -0.2) is 50.2 Å². The molecule has 0 bridgehead atoms. The van der Waals surface area contributed by atoms with Gasteiger partial charge in [-0.15, -0.1) is 0 Å². The lowest BCUT2D eigenvalue weighted by Crippen LogP contribution is -2.36. The number of hydrogen-bond acceptors (Lipinski definition) is 7. The number of aromatic nitrogens is 2. The molecule has 4 rings (SSSR count). The van der Waals surface area contributed by atoms with Crippen molar-refractivity contribution in [1.82, 2.24) is 19.8 Å². The summed E-state index contributed by atoms with van der Waals surface area (Å²) in [4.78, 5) is 6.77. The third-order valence-electron chi connectivity index (χ3n) is 5.21. The van der Waals surface area contributed by atoms with Crippen LogP contribution in [0.25, 0.3) is 0 Å². The summed E-state index contributed by atoms with van der Waals surface area (Å²) in [5, 5.41) is 4.09. The molecule has 158 valence electrons. The summed E-state index contributed by atoms with van der Waals surface area (Å²) < 4.78 is 38.8. The van der Waals surface area contributed by atoms with Crippen LogP contribution in [0.4, 0.5) is 0 Å². The predicted octanol–water partition coefficient (Wildman–Crippen LogP) is 2.39. The van der Waals surface area contributed by atoms with E-state index in [4.69, 9.17) is 9.26 Å². The molecule has 30 heavy (non-hydrogen) atoms. The third kappa shape index (κ3) is 4.53. The van der Waals surface area contributed by atoms with E-state index in [9.17, 15) is 8.42 Å². The lowest BCUT2D eigenvalue weighted by atomic mass is 10.1. The normalized spacial score (nSPS) is 19.8. The highest BCUT2D eigenvalue weighted by atomic mass is 32.2. The summed E-state index contributed by atoms with van der Waals surface area (Å²) in [6.07, 6.45) is 1.15. The fourth-order valence-corrected chi connectivity index (χ4v) is 4.91. The molecule has 0 amide bonds. The summed E-state index contributed by atoms with van der Waals surface area (Å²) in [5.74, 6) is 1.73. The lowest BCUT2D eigenvalue weighted by molar-refractivity contribution is 0.244. The van der Waals surface area contributed by atoms with Crippen LogP contribution in [-0.2, 0) is 16.4 Å².